The topological polar surface area (TPSA) is 44.8 Å². The lowest BCUT2D eigenvalue weighted by Gasteiger charge is -2.34. The number of carbonyl (C=O) groups excluding carboxylic acids is 1. The second-order valence-corrected chi connectivity index (χ2v) is 7.01. The molecule has 0 aromatic heterocycles. The van der Waals surface area contributed by atoms with Crippen LogP contribution >= 0.6 is 0 Å². The number of rotatable bonds is 7. The van der Waals surface area contributed by atoms with Gasteiger partial charge in [0.15, 0.2) is 0 Å². The number of carbonyl (C=O) groups is 1. The van der Waals surface area contributed by atoms with Gasteiger partial charge in [-0.25, -0.2) is 0 Å². The van der Waals surface area contributed by atoms with Crippen LogP contribution in [-0.2, 0) is 6.54 Å². The van der Waals surface area contributed by atoms with Gasteiger partial charge in [-0.1, -0.05) is 19.1 Å². The summed E-state index contributed by atoms with van der Waals surface area (Å²) in [4.78, 5) is 17.1. The van der Waals surface area contributed by atoms with Crippen LogP contribution in [0.5, 0.6) is 5.75 Å². The molecule has 1 amide bonds. The van der Waals surface area contributed by atoms with Gasteiger partial charge in [0.2, 0.25) is 0 Å². The summed E-state index contributed by atoms with van der Waals surface area (Å²) < 4.78 is 5.55. The maximum Gasteiger partial charge on any atom is 0.251 e. The normalized spacial score (nSPS) is 14.8. The van der Waals surface area contributed by atoms with Crippen LogP contribution in [0.2, 0.25) is 0 Å². The van der Waals surface area contributed by atoms with Crippen molar-refractivity contribution in [3.63, 3.8) is 0 Å². The monoisotopic (exact) mass is 367 g/mol. The molecule has 2 aromatic rings. The van der Waals surface area contributed by atoms with E-state index < -0.39 is 0 Å². The fourth-order valence-electron chi connectivity index (χ4n) is 3.10. The van der Waals surface area contributed by atoms with Crippen molar-refractivity contribution in [2.75, 3.05) is 44.7 Å². The van der Waals surface area contributed by atoms with Crippen molar-refractivity contribution in [2.24, 2.45) is 0 Å². The lowest BCUT2D eigenvalue weighted by molar-refractivity contribution is 0.0951. The first-order valence-corrected chi connectivity index (χ1v) is 9.69. The Morgan fingerprint density at radius 3 is 2.30 bits per heavy atom. The summed E-state index contributed by atoms with van der Waals surface area (Å²) in [6, 6.07) is 15.8. The second kappa shape index (κ2) is 9.42. The number of hydrogen-bond acceptors (Lipinski definition) is 4. The van der Waals surface area contributed by atoms with Gasteiger partial charge in [0.25, 0.3) is 5.91 Å². The van der Waals surface area contributed by atoms with Crippen LogP contribution < -0.4 is 15.0 Å². The third-order valence-electron chi connectivity index (χ3n) is 4.85. The van der Waals surface area contributed by atoms with E-state index in [0.29, 0.717) is 18.7 Å². The van der Waals surface area contributed by atoms with Crippen LogP contribution in [0, 0.1) is 0 Å². The molecule has 144 valence electrons. The van der Waals surface area contributed by atoms with Gasteiger partial charge >= 0.3 is 0 Å². The Hall–Kier alpha value is -2.53. The second-order valence-electron chi connectivity index (χ2n) is 7.01. The largest absolute Gasteiger partial charge is 0.494 e. The highest BCUT2D eigenvalue weighted by Gasteiger charge is 2.14. The van der Waals surface area contributed by atoms with Gasteiger partial charge in [-0.15, -0.1) is 0 Å². The van der Waals surface area contributed by atoms with Crippen molar-refractivity contribution in [1.82, 2.24) is 10.2 Å². The average Bonchev–Trinajstić information content (AvgIpc) is 2.72. The minimum atomic E-state index is -0.0693. The van der Waals surface area contributed by atoms with Crippen LogP contribution in [0.1, 0.15) is 29.3 Å². The Kier molecular flexibility index (Phi) is 6.71. The number of likely N-dealkylation sites (N-methyl/N-ethyl adjacent to an activating group) is 1. The molecule has 5 nitrogen and oxygen atoms in total. The molecule has 1 saturated heterocycles. The molecule has 1 aliphatic rings. The van der Waals surface area contributed by atoms with E-state index >= 15 is 0 Å². The minimum Gasteiger partial charge on any atom is -0.494 e. The van der Waals surface area contributed by atoms with Crippen LogP contribution in [0.25, 0.3) is 0 Å². The first kappa shape index (κ1) is 19.2. The fourth-order valence-corrected chi connectivity index (χ4v) is 3.10. The molecule has 1 aliphatic heterocycles. The van der Waals surface area contributed by atoms with Crippen molar-refractivity contribution in [3.8, 4) is 5.75 Å². The lowest BCUT2D eigenvalue weighted by Crippen LogP contribution is -2.44. The summed E-state index contributed by atoms with van der Waals surface area (Å²) in [6.45, 7) is 7.60. The molecule has 0 spiro atoms. The van der Waals surface area contributed by atoms with Gasteiger partial charge in [0.1, 0.15) is 5.75 Å². The van der Waals surface area contributed by atoms with Gasteiger partial charge in [0.05, 0.1) is 6.61 Å². The first-order chi connectivity index (χ1) is 13.2. The predicted octanol–water partition coefficient (Wildman–Crippen LogP) is 3.16. The van der Waals surface area contributed by atoms with Crippen molar-refractivity contribution in [1.29, 1.82) is 0 Å². The van der Waals surface area contributed by atoms with Gasteiger partial charge < -0.3 is 19.9 Å². The van der Waals surface area contributed by atoms with Crippen molar-refractivity contribution >= 4 is 11.6 Å². The Morgan fingerprint density at radius 1 is 1.00 bits per heavy atom. The Labute approximate surface area is 161 Å². The summed E-state index contributed by atoms with van der Waals surface area (Å²) >= 11 is 0. The predicted molar refractivity (Wildman–Crippen MR) is 110 cm³/mol. The van der Waals surface area contributed by atoms with E-state index in [1.807, 2.05) is 12.1 Å². The minimum absolute atomic E-state index is 0.0693. The summed E-state index contributed by atoms with van der Waals surface area (Å²) in [5.41, 5.74) is 3.00. The number of nitrogens with zero attached hydrogens (tertiary/aromatic N) is 2. The molecular formula is C22H29N3O2. The zero-order chi connectivity index (χ0) is 19.1. The SMILES string of the molecule is CCCOc1ccc(C(=O)NCc2ccc(N3CCN(C)CC3)cc2)cc1. The van der Waals surface area contributed by atoms with Gasteiger partial charge in [0, 0.05) is 44.0 Å². The zero-order valence-corrected chi connectivity index (χ0v) is 16.3. The van der Waals surface area contributed by atoms with E-state index in [0.717, 1.165) is 43.9 Å². The maximum absolute atomic E-state index is 12.3. The average molecular weight is 367 g/mol. The number of ether oxygens (including phenoxy) is 1. The molecule has 0 atom stereocenters. The number of anilines is 1. The number of nitrogens with one attached hydrogen (secondary N) is 1. The molecule has 0 aliphatic carbocycles. The Balaban J connectivity index is 1.50. The van der Waals surface area contributed by atoms with Crippen molar-refractivity contribution in [3.05, 3.63) is 59.7 Å². The number of piperazine rings is 1. The maximum atomic E-state index is 12.3. The summed E-state index contributed by atoms with van der Waals surface area (Å²) in [5, 5.41) is 2.98. The van der Waals surface area contributed by atoms with E-state index in [1.165, 1.54) is 5.69 Å². The molecule has 2 aromatic carbocycles. The first-order valence-electron chi connectivity index (χ1n) is 9.69. The summed E-state index contributed by atoms with van der Waals surface area (Å²) in [6.07, 6.45) is 0.968. The smallest absolute Gasteiger partial charge is 0.251 e. The highest BCUT2D eigenvalue weighted by molar-refractivity contribution is 5.94. The van der Waals surface area contributed by atoms with Crippen molar-refractivity contribution in [2.45, 2.75) is 19.9 Å². The molecule has 0 unspecified atom stereocenters. The van der Waals surface area contributed by atoms with E-state index in [9.17, 15) is 4.79 Å². The molecule has 1 fully saturated rings. The highest BCUT2D eigenvalue weighted by atomic mass is 16.5. The standard InChI is InChI=1S/C22H29N3O2/c1-3-16-27-21-10-6-19(7-11-21)22(26)23-17-18-4-8-20(9-5-18)25-14-12-24(2)13-15-25/h4-11H,3,12-17H2,1-2H3,(H,23,26). The Bertz CT molecular complexity index is 720. The number of benzene rings is 2. The third-order valence-corrected chi connectivity index (χ3v) is 4.85. The molecule has 3 rings (SSSR count). The highest BCUT2D eigenvalue weighted by Crippen LogP contribution is 2.17. The van der Waals surface area contributed by atoms with E-state index in [-0.39, 0.29) is 5.91 Å². The zero-order valence-electron chi connectivity index (χ0n) is 16.3. The molecule has 0 bridgehead atoms. The summed E-state index contributed by atoms with van der Waals surface area (Å²) in [5.74, 6) is 0.730. The Morgan fingerprint density at radius 2 is 1.67 bits per heavy atom. The quantitative estimate of drug-likeness (QED) is 0.817. The van der Waals surface area contributed by atoms with Crippen LogP contribution in [-0.4, -0.2) is 50.6 Å². The third kappa shape index (κ3) is 5.47. The molecule has 1 N–H and O–H groups in total. The molecule has 1 heterocycles. The van der Waals surface area contributed by atoms with Gasteiger partial charge in [-0.3, -0.25) is 4.79 Å². The molecule has 0 saturated carbocycles. The fraction of sp³-hybridized carbons (Fsp3) is 0.409. The molecular weight excluding hydrogens is 338 g/mol. The number of hydrogen-bond donors (Lipinski definition) is 1. The van der Waals surface area contributed by atoms with Gasteiger partial charge in [-0.2, -0.15) is 0 Å². The van der Waals surface area contributed by atoms with Crippen LogP contribution in [0.3, 0.4) is 0 Å². The van der Waals surface area contributed by atoms with Crippen molar-refractivity contribution < 1.29 is 9.53 Å². The van der Waals surface area contributed by atoms with Crippen LogP contribution in [0.15, 0.2) is 48.5 Å². The van der Waals surface area contributed by atoms with E-state index in [4.69, 9.17) is 4.74 Å². The van der Waals surface area contributed by atoms with Crippen LogP contribution in [0.4, 0.5) is 5.69 Å². The van der Waals surface area contributed by atoms with Gasteiger partial charge in [-0.05, 0) is 55.4 Å². The number of amides is 1. The molecule has 5 heteroatoms. The van der Waals surface area contributed by atoms with E-state index in [2.05, 4.69) is 53.4 Å². The molecule has 27 heavy (non-hydrogen) atoms. The van der Waals surface area contributed by atoms with E-state index in [1.54, 1.807) is 12.1 Å². The lowest BCUT2D eigenvalue weighted by atomic mass is 10.1. The molecule has 0 radical (unpaired) electrons. The summed E-state index contributed by atoms with van der Waals surface area (Å²) in [7, 11) is 2.16.